The van der Waals surface area contributed by atoms with Crippen LogP contribution in [0.25, 0.3) is 0 Å². The van der Waals surface area contributed by atoms with Gasteiger partial charge in [0.25, 0.3) is 0 Å². The number of aromatic hydroxyl groups is 1. The summed E-state index contributed by atoms with van der Waals surface area (Å²) >= 11 is 0. The molecule has 0 aliphatic carbocycles. The van der Waals surface area contributed by atoms with Gasteiger partial charge in [-0.15, -0.1) is 0 Å². The van der Waals surface area contributed by atoms with Crippen LogP contribution in [0.5, 0.6) is 5.75 Å². The van der Waals surface area contributed by atoms with Crippen LogP contribution in [-0.4, -0.2) is 19.6 Å². The number of nitrogens with two attached hydrogens (primary N) is 1. The second-order valence-electron chi connectivity index (χ2n) is 4.44. The fourth-order valence-corrected chi connectivity index (χ4v) is 3.17. The second kappa shape index (κ2) is 5.84. The molecule has 2 aromatic rings. The zero-order valence-electron chi connectivity index (χ0n) is 11.0. The largest absolute Gasteiger partial charge is 0.508 e. The fraction of sp³-hybridized carbons (Fsp3) is 0.0714. The van der Waals surface area contributed by atoms with E-state index in [-0.39, 0.29) is 16.4 Å². The van der Waals surface area contributed by atoms with E-state index < -0.39 is 15.9 Å². The minimum atomic E-state index is -3.53. The Morgan fingerprint density at radius 1 is 1.14 bits per heavy atom. The standard InChI is InChI=1S/C14H14N2O4S/c15-14(18)16-11-4-6-13(7-5-11)21(19,20)9-10-2-1-3-12(17)8-10/h1-8,17H,9H2,(H3,15,16,18). The summed E-state index contributed by atoms with van der Waals surface area (Å²) in [6.45, 7) is 0. The quantitative estimate of drug-likeness (QED) is 0.800. The van der Waals surface area contributed by atoms with Crippen LogP contribution < -0.4 is 11.1 Å². The van der Waals surface area contributed by atoms with E-state index in [9.17, 15) is 18.3 Å². The Kier molecular flexibility index (Phi) is 4.13. The van der Waals surface area contributed by atoms with Crippen molar-refractivity contribution in [2.75, 3.05) is 5.32 Å². The molecule has 0 aliphatic rings. The highest BCUT2D eigenvalue weighted by atomic mass is 32.2. The number of anilines is 1. The number of urea groups is 1. The van der Waals surface area contributed by atoms with E-state index in [1.54, 1.807) is 12.1 Å². The summed E-state index contributed by atoms with van der Waals surface area (Å²) in [5.41, 5.74) is 5.88. The summed E-state index contributed by atoms with van der Waals surface area (Å²) < 4.78 is 24.5. The number of amides is 2. The number of carbonyl (C=O) groups is 1. The highest BCUT2D eigenvalue weighted by molar-refractivity contribution is 7.90. The van der Waals surface area contributed by atoms with Gasteiger partial charge in [-0.05, 0) is 42.0 Å². The van der Waals surface area contributed by atoms with Crippen molar-refractivity contribution in [1.82, 2.24) is 0 Å². The minimum Gasteiger partial charge on any atom is -0.508 e. The molecule has 2 amide bonds. The first-order valence-corrected chi connectivity index (χ1v) is 7.69. The van der Waals surface area contributed by atoms with Crippen molar-refractivity contribution in [3.8, 4) is 5.75 Å². The topological polar surface area (TPSA) is 109 Å². The van der Waals surface area contributed by atoms with E-state index >= 15 is 0 Å². The van der Waals surface area contributed by atoms with Gasteiger partial charge in [-0.2, -0.15) is 0 Å². The van der Waals surface area contributed by atoms with Gasteiger partial charge in [-0.25, -0.2) is 13.2 Å². The Hall–Kier alpha value is -2.54. The number of phenols is 1. The number of benzene rings is 2. The average molecular weight is 306 g/mol. The van der Waals surface area contributed by atoms with Crippen LogP contribution >= 0.6 is 0 Å². The summed E-state index contributed by atoms with van der Waals surface area (Å²) in [6.07, 6.45) is 0. The maximum Gasteiger partial charge on any atom is 0.316 e. The number of hydrogen-bond donors (Lipinski definition) is 3. The van der Waals surface area contributed by atoms with E-state index in [2.05, 4.69) is 5.32 Å². The molecule has 0 aliphatic heterocycles. The smallest absolute Gasteiger partial charge is 0.316 e. The Bertz CT molecular complexity index is 755. The Morgan fingerprint density at radius 2 is 1.81 bits per heavy atom. The second-order valence-corrected chi connectivity index (χ2v) is 6.43. The van der Waals surface area contributed by atoms with Crippen LogP contribution in [0.1, 0.15) is 5.56 Å². The van der Waals surface area contributed by atoms with Gasteiger partial charge in [0.05, 0.1) is 10.6 Å². The highest BCUT2D eigenvalue weighted by Crippen LogP contribution is 2.20. The van der Waals surface area contributed by atoms with Crippen LogP contribution in [0.2, 0.25) is 0 Å². The number of hydrogen-bond acceptors (Lipinski definition) is 4. The predicted octanol–water partition coefficient (Wildman–Crippen LogP) is 1.86. The number of phenolic OH excluding ortho intramolecular Hbond substituents is 1. The molecule has 0 bridgehead atoms. The van der Waals surface area contributed by atoms with Crippen molar-refractivity contribution in [3.63, 3.8) is 0 Å². The van der Waals surface area contributed by atoms with Gasteiger partial charge in [0.15, 0.2) is 9.84 Å². The average Bonchev–Trinajstić information content (AvgIpc) is 2.38. The third kappa shape index (κ3) is 3.96. The van der Waals surface area contributed by atoms with E-state index in [0.29, 0.717) is 11.3 Å². The van der Waals surface area contributed by atoms with Crippen molar-refractivity contribution in [3.05, 3.63) is 54.1 Å². The zero-order valence-corrected chi connectivity index (χ0v) is 11.8. The first kappa shape index (κ1) is 14.9. The van der Waals surface area contributed by atoms with Crippen LogP contribution in [0.15, 0.2) is 53.4 Å². The van der Waals surface area contributed by atoms with Gasteiger partial charge < -0.3 is 16.2 Å². The fourth-order valence-electron chi connectivity index (χ4n) is 1.84. The van der Waals surface area contributed by atoms with Crippen molar-refractivity contribution >= 4 is 21.6 Å². The summed E-state index contributed by atoms with van der Waals surface area (Å²) in [5.74, 6) is -0.201. The third-order valence-corrected chi connectivity index (χ3v) is 4.45. The molecule has 0 unspecified atom stereocenters. The monoisotopic (exact) mass is 306 g/mol. The lowest BCUT2D eigenvalue weighted by Gasteiger charge is -2.07. The summed E-state index contributed by atoms with van der Waals surface area (Å²) in [7, 11) is -3.53. The number of sulfone groups is 1. The molecular formula is C14H14N2O4S. The lowest BCUT2D eigenvalue weighted by Crippen LogP contribution is -2.19. The molecule has 0 fully saturated rings. The molecule has 0 heterocycles. The number of rotatable bonds is 4. The highest BCUT2D eigenvalue weighted by Gasteiger charge is 2.15. The van der Waals surface area contributed by atoms with Crippen LogP contribution in [-0.2, 0) is 15.6 Å². The lowest BCUT2D eigenvalue weighted by molar-refractivity contribution is 0.259. The zero-order chi connectivity index (χ0) is 15.5. The van der Waals surface area contributed by atoms with Gasteiger partial charge >= 0.3 is 6.03 Å². The lowest BCUT2D eigenvalue weighted by atomic mass is 10.2. The maximum atomic E-state index is 12.3. The van der Waals surface area contributed by atoms with Crippen molar-refractivity contribution in [1.29, 1.82) is 0 Å². The van der Waals surface area contributed by atoms with E-state index in [0.717, 1.165) is 0 Å². The Balaban J connectivity index is 2.21. The first-order chi connectivity index (χ1) is 9.87. The molecule has 0 saturated heterocycles. The Morgan fingerprint density at radius 3 is 2.38 bits per heavy atom. The first-order valence-electron chi connectivity index (χ1n) is 6.04. The molecule has 0 spiro atoms. The van der Waals surface area contributed by atoms with Gasteiger partial charge in [0.1, 0.15) is 5.75 Å². The molecule has 7 heteroatoms. The van der Waals surface area contributed by atoms with E-state index in [4.69, 9.17) is 5.73 Å². The van der Waals surface area contributed by atoms with Gasteiger partial charge in [0, 0.05) is 5.69 Å². The normalized spacial score (nSPS) is 11.0. The maximum absolute atomic E-state index is 12.3. The number of carbonyl (C=O) groups excluding carboxylic acids is 1. The van der Waals surface area contributed by atoms with Crippen molar-refractivity contribution < 1.29 is 18.3 Å². The molecule has 0 atom stereocenters. The molecule has 6 nitrogen and oxygen atoms in total. The van der Waals surface area contributed by atoms with E-state index in [1.165, 1.54) is 36.4 Å². The Labute approximate surface area is 122 Å². The molecule has 21 heavy (non-hydrogen) atoms. The molecule has 0 saturated carbocycles. The molecular weight excluding hydrogens is 292 g/mol. The number of nitrogens with one attached hydrogen (secondary N) is 1. The third-order valence-electron chi connectivity index (χ3n) is 2.75. The minimum absolute atomic E-state index is 0.0173. The van der Waals surface area contributed by atoms with Crippen molar-refractivity contribution in [2.45, 2.75) is 10.6 Å². The van der Waals surface area contributed by atoms with Crippen molar-refractivity contribution in [2.24, 2.45) is 5.73 Å². The van der Waals surface area contributed by atoms with Gasteiger partial charge in [0.2, 0.25) is 0 Å². The number of primary amides is 1. The van der Waals surface area contributed by atoms with Gasteiger partial charge in [-0.1, -0.05) is 12.1 Å². The summed E-state index contributed by atoms with van der Waals surface area (Å²) in [4.78, 5) is 10.8. The SMILES string of the molecule is NC(=O)Nc1ccc(S(=O)(=O)Cc2cccc(O)c2)cc1. The molecule has 4 N–H and O–H groups in total. The predicted molar refractivity (Wildman–Crippen MR) is 78.6 cm³/mol. The molecule has 2 aromatic carbocycles. The summed E-state index contributed by atoms with van der Waals surface area (Å²) in [5, 5.41) is 11.7. The molecule has 110 valence electrons. The van der Waals surface area contributed by atoms with Crippen LogP contribution in [0.3, 0.4) is 0 Å². The molecule has 0 radical (unpaired) electrons. The van der Waals surface area contributed by atoms with E-state index in [1.807, 2.05) is 0 Å². The van der Waals surface area contributed by atoms with Crippen LogP contribution in [0.4, 0.5) is 10.5 Å². The van der Waals surface area contributed by atoms with Crippen LogP contribution in [0, 0.1) is 0 Å². The summed E-state index contributed by atoms with van der Waals surface area (Å²) in [6, 6.07) is 11.1. The molecule has 2 rings (SSSR count). The van der Waals surface area contributed by atoms with Gasteiger partial charge in [-0.3, -0.25) is 0 Å². The molecule has 0 aromatic heterocycles.